The molecule has 24 nitrogen and oxygen atoms in total. The van der Waals surface area contributed by atoms with Gasteiger partial charge in [0, 0.05) is 71.5 Å². The fraction of sp³-hybridized carbons (Fsp3) is 0.712. The summed E-state index contributed by atoms with van der Waals surface area (Å²) in [5.74, 6) is -4.31. The quantitative estimate of drug-likeness (QED) is 0.0392. The molecule has 25 heteroatoms. The van der Waals surface area contributed by atoms with E-state index in [9.17, 15) is 33.6 Å². The largest absolute Gasteiger partial charge is 0.497 e. The molecule has 2 N–H and O–H groups in total. The van der Waals surface area contributed by atoms with E-state index in [0.717, 1.165) is 11.9 Å². The number of carbonyl (C=O) groups excluding carboxylic acids is 6. The van der Waals surface area contributed by atoms with Crippen molar-refractivity contribution in [3.63, 3.8) is 0 Å². The lowest BCUT2D eigenvalue weighted by atomic mass is 9.90. The Kier molecular flexibility index (Phi) is 43.3. The molecule has 0 atom stereocenters. The van der Waals surface area contributed by atoms with Crippen molar-refractivity contribution in [2.24, 2.45) is 27.1 Å². The van der Waals surface area contributed by atoms with E-state index in [-0.39, 0.29) is 74.6 Å². The van der Waals surface area contributed by atoms with Crippen LogP contribution < -0.4 is 14.2 Å². The van der Waals surface area contributed by atoms with Crippen LogP contribution in [0.3, 0.4) is 0 Å². The lowest BCUT2D eigenvalue weighted by Crippen LogP contribution is -2.36. The maximum absolute atomic E-state index is 13.9. The lowest BCUT2D eigenvalue weighted by Gasteiger charge is -2.24. The van der Waals surface area contributed by atoms with E-state index in [0.29, 0.717) is 57.7 Å². The Morgan fingerprint density at radius 1 is 0.524 bits per heavy atom. The molecule has 1 heterocycles. The van der Waals surface area contributed by atoms with Gasteiger partial charge in [-0.1, -0.05) is 43.6 Å². The summed E-state index contributed by atoms with van der Waals surface area (Å²) in [4.78, 5) is 88.5. The molecule has 1 amide bonds. The number of carbonyl (C=O) groups is 7. The van der Waals surface area contributed by atoms with Gasteiger partial charge < -0.3 is 76.7 Å². The highest BCUT2D eigenvalue weighted by atomic mass is 79.9. The number of aromatic nitrogens is 1. The molecule has 0 aliphatic rings. The number of benzene rings is 1. The molecular weight excluding hydrogens is 1170 g/mol. The van der Waals surface area contributed by atoms with E-state index in [1.54, 1.807) is 115 Å². The summed E-state index contributed by atoms with van der Waals surface area (Å²) >= 11 is 3.18. The third-order valence-corrected chi connectivity index (χ3v) is 12.1. The Balaban J connectivity index is -0.00000141. The average Bonchev–Trinajstić information content (AvgIpc) is 2.94. The molecule has 1 aromatic heterocycles. The molecule has 0 fully saturated rings. The average molecular weight is 1270 g/mol. The van der Waals surface area contributed by atoms with Crippen LogP contribution in [0.1, 0.15) is 111 Å². The number of ether oxygens (including phenoxy) is 13. The first kappa shape index (κ1) is 83.3. The number of rotatable bonds is 35. The molecule has 1 aromatic carbocycles. The predicted molar refractivity (Wildman–Crippen MR) is 319 cm³/mol. The molecule has 0 radical (unpaired) electrons. The number of carboxylic acids is 1. The highest BCUT2D eigenvalue weighted by Crippen LogP contribution is 2.44. The molecule has 486 valence electrons. The zero-order chi connectivity index (χ0) is 65.5. The topological polar surface area (TPSA) is 288 Å². The monoisotopic (exact) mass is 1270 g/mol. The van der Waals surface area contributed by atoms with Gasteiger partial charge >= 0.3 is 23.9 Å². The van der Waals surface area contributed by atoms with Crippen molar-refractivity contribution in [3.8, 4) is 22.9 Å². The number of aliphatic hydroxyl groups excluding tert-OH is 1. The van der Waals surface area contributed by atoms with Crippen molar-refractivity contribution in [2.45, 2.75) is 90.0 Å². The molecule has 2 rings (SSSR count). The fourth-order valence-corrected chi connectivity index (χ4v) is 5.63. The third-order valence-electron chi connectivity index (χ3n) is 11.7. The maximum atomic E-state index is 13.9. The van der Waals surface area contributed by atoms with Gasteiger partial charge in [0.2, 0.25) is 11.5 Å². The second-order valence-electron chi connectivity index (χ2n) is 21.9. The van der Waals surface area contributed by atoms with Crippen LogP contribution in [0.4, 0.5) is 0 Å². The minimum Gasteiger partial charge on any atom is -0.497 e. The molecule has 0 spiro atoms. The van der Waals surface area contributed by atoms with Crippen LogP contribution in [0.5, 0.6) is 17.2 Å². The fourth-order valence-electron chi connectivity index (χ4n) is 5.31. The molecular formula is C59H101BrN2O22. The molecule has 0 bridgehead atoms. The van der Waals surface area contributed by atoms with E-state index in [4.69, 9.17) is 67.1 Å². The van der Waals surface area contributed by atoms with Gasteiger partial charge in [-0.15, -0.1) is 0 Å². The number of ketones is 2. The highest BCUT2D eigenvalue weighted by Gasteiger charge is 2.42. The molecule has 84 heavy (non-hydrogen) atoms. The number of nitrogens with zero attached hydrogens (tertiary/aromatic N) is 2. The summed E-state index contributed by atoms with van der Waals surface area (Å²) < 4.78 is 69.5. The van der Waals surface area contributed by atoms with Gasteiger partial charge in [-0.05, 0) is 86.6 Å². The minimum absolute atomic E-state index is 0.0278. The number of Topliss-reactive ketones (excluding diaryl/α,β-unsaturated/α-hetero) is 2. The van der Waals surface area contributed by atoms with Crippen LogP contribution in [0, 0.1) is 27.1 Å². The highest BCUT2D eigenvalue weighted by molar-refractivity contribution is 9.09. The third kappa shape index (κ3) is 32.5. The Morgan fingerprint density at radius 2 is 0.881 bits per heavy atom. The van der Waals surface area contributed by atoms with E-state index in [1.807, 2.05) is 13.8 Å². The van der Waals surface area contributed by atoms with Crippen LogP contribution >= 0.6 is 15.9 Å². The zero-order valence-corrected chi connectivity index (χ0v) is 55.5. The van der Waals surface area contributed by atoms with Crippen LogP contribution in [0.15, 0.2) is 24.3 Å². The zero-order valence-electron chi connectivity index (χ0n) is 54.0. The summed E-state index contributed by atoms with van der Waals surface area (Å²) in [6.45, 7) is 25.8. The van der Waals surface area contributed by atoms with Gasteiger partial charge in [-0.3, -0.25) is 33.3 Å². The Morgan fingerprint density at radius 3 is 1.15 bits per heavy atom. The van der Waals surface area contributed by atoms with Crippen LogP contribution in [-0.2, 0) is 71.3 Å². The van der Waals surface area contributed by atoms with Crippen molar-refractivity contribution >= 4 is 57.3 Å². The van der Waals surface area contributed by atoms with Gasteiger partial charge in [0.15, 0.2) is 11.4 Å². The maximum Gasteiger partial charge on any atom is 0.359 e. The lowest BCUT2D eigenvalue weighted by molar-refractivity contribution is -0.150. The molecule has 0 aliphatic carbocycles. The van der Waals surface area contributed by atoms with Gasteiger partial charge in [0.25, 0.3) is 5.91 Å². The minimum atomic E-state index is -1.25. The van der Waals surface area contributed by atoms with Crippen LogP contribution in [0.2, 0.25) is 0 Å². The number of hydrogen-bond donors (Lipinski definition) is 2. The van der Waals surface area contributed by atoms with E-state index < -0.39 is 62.9 Å². The normalized spacial score (nSPS) is 11.4. The summed E-state index contributed by atoms with van der Waals surface area (Å²) in [6.07, 6.45) is 0. The van der Waals surface area contributed by atoms with Crippen molar-refractivity contribution in [1.29, 1.82) is 0 Å². The number of carboxylic acid groups (broad SMARTS) is 1. The van der Waals surface area contributed by atoms with E-state index in [2.05, 4.69) is 20.7 Å². The van der Waals surface area contributed by atoms with Gasteiger partial charge in [-0.2, -0.15) is 0 Å². The Hall–Kier alpha value is -4.93. The van der Waals surface area contributed by atoms with Crippen molar-refractivity contribution in [1.82, 2.24) is 9.47 Å². The van der Waals surface area contributed by atoms with Crippen molar-refractivity contribution < 1.29 is 105 Å². The molecule has 0 unspecified atom stereocenters. The van der Waals surface area contributed by atoms with Crippen molar-refractivity contribution in [3.05, 3.63) is 35.7 Å². The number of hydrogen-bond acceptors (Lipinski definition) is 21. The summed E-state index contributed by atoms with van der Waals surface area (Å²) in [6, 6.07) is 6.41. The number of amides is 1. The first-order chi connectivity index (χ1) is 39.1. The number of esters is 3. The van der Waals surface area contributed by atoms with Gasteiger partial charge in [0.1, 0.15) is 17.3 Å². The molecule has 0 saturated heterocycles. The first-order valence-electron chi connectivity index (χ1n) is 27.0. The van der Waals surface area contributed by atoms with Crippen LogP contribution in [-0.4, -0.2) is 222 Å². The van der Waals surface area contributed by atoms with E-state index >= 15 is 0 Å². The molecule has 2 aromatic rings. The summed E-state index contributed by atoms with van der Waals surface area (Å²) in [5.41, 5.74) is -4.52. The second kappa shape index (κ2) is 43.7. The van der Waals surface area contributed by atoms with Gasteiger partial charge in [-0.25, -0.2) is 4.79 Å². The van der Waals surface area contributed by atoms with Crippen LogP contribution in [0.25, 0.3) is 5.69 Å². The Labute approximate surface area is 507 Å². The number of halogens is 1. The predicted octanol–water partition coefficient (Wildman–Crippen LogP) is 7.20. The van der Waals surface area contributed by atoms with Crippen molar-refractivity contribution in [2.75, 3.05) is 161 Å². The van der Waals surface area contributed by atoms with Gasteiger partial charge in [0.05, 0.1) is 122 Å². The number of aliphatic carboxylic acids is 1. The standard InChI is InChI=1S/C33H48N2O12.C9H18O3.C8H16O4.C6H12O2.C3H7BrO/c1-11-45-29(37)25-27(47-31(39)33(4,5)21-44-19-17-41-9)26(46-30(38)32(2,3)20-43-18-16-40-8)24(28(36)34(6)7)35(25)22-12-14-23(42-10)15-13-22;1-8(10)9(2,3)7-12-6-5-11-4;1-8(2,7(9)10)6-12-5-4-11-3;1-5(8)6(2,3)4-7;1-5-3-2-4/h12-15H,11,16-21H2,1-10H3;5-7H2,1-4H3;4-6H2,1-3H3,(H,9,10);7H,4H2,1-3H3;2-3H2,1H3. The first-order valence-corrected chi connectivity index (χ1v) is 28.2. The molecule has 0 aliphatic heterocycles. The number of methoxy groups -OCH3 is 6. The number of alkyl halides is 1. The summed E-state index contributed by atoms with van der Waals surface area (Å²) in [7, 11) is 12.4. The smallest absolute Gasteiger partial charge is 0.359 e. The molecule has 0 saturated carbocycles. The summed E-state index contributed by atoms with van der Waals surface area (Å²) in [5, 5.41) is 18.2. The number of aliphatic hydroxyl groups is 1. The SMILES string of the molecule is CC(=O)C(C)(C)CO.CCOC(=O)c1c(OC(=O)C(C)(C)COCCOC)c(OC(=O)C(C)(C)COCCOC)c(C(=O)N(C)C)n1-c1ccc(OC)cc1.COCCBr.COCCOCC(C)(C)C(=O)O.COCCOCC(C)(C)C(C)=O. The van der Waals surface area contributed by atoms with E-state index in [1.165, 1.54) is 51.8 Å². The Bertz CT molecular complexity index is 2190. The second-order valence-corrected chi connectivity index (χ2v) is 22.7.